The van der Waals surface area contributed by atoms with Crippen LogP contribution in [0.2, 0.25) is 0 Å². The van der Waals surface area contributed by atoms with E-state index < -0.39 is 12.1 Å². The fourth-order valence-corrected chi connectivity index (χ4v) is 1.28. The van der Waals surface area contributed by atoms with Gasteiger partial charge in [-0.25, -0.2) is 9.59 Å². The molecule has 0 saturated carbocycles. The maximum absolute atomic E-state index is 10.7. The number of aromatic carboxylic acids is 1. The number of rotatable bonds is 6. The average Bonchev–Trinajstić information content (AvgIpc) is 2.59. The first-order chi connectivity index (χ1) is 8.00. The van der Waals surface area contributed by atoms with E-state index in [2.05, 4.69) is 10.1 Å². The van der Waals surface area contributed by atoms with E-state index in [0.717, 1.165) is 0 Å². The lowest BCUT2D eigenvalue weighted by Crippen LogP contribution is -2.23. The van der Waals surface area contributed by atoms with E-state index in [9.17, 15) is 9.59 Å². The van der Waals surface area contributed by atoms with Crippen LogP contribution in [-0.4, -0.2) is 30.3 Å². The second-order valence-corrected chi connectivity index (χ2v) is 3.37. The number of carbonyl (C=O) groups is 2. The first-order valence-electron chi connectivity index (χ1n) is 4.96. The molecule has 0 radical (unpaired) electrons. The minimum atomic E-state index is -1.09. The van der Waals surface area contributed by atoms with Crippen LogP contribution in [-0.2, 0) is 11.3 Å². The first kappa shape index (κ1) is 13.0. The Kier molecular flexibility index (Phi) is 4.53. The van der Waals surface area contributed by atoms with Gasteiger partial charge in [0.1, 0.15) is 12.4 Å². The molecule has 7 nitrogen and oxygen atoms in total. The van der Waals surface area contributed by atoms with Crippen molar-refractivity contribution in [3.8, 4) is 0 Å². The summed E-state index contributed by atoms with van der Waals surface area (Å²) in [5, 5.41) is 11.7. The summed E-state index contributed by atoms with van der Waals surface area (Å²) in [6.07, 6.45) is -0.825. The number of aryl methyl sites for hydroxylation is 1. The molecule has 0 aliphatic heterocycles. The molecule has 0 fully saturated rings. The maximum atomic E-state index is 10.7. The number of ether oxygens (including phenoxy) is 1. The van der Waals surface area contributed by atoms with Gasteiger partial charge in [-0.05, 0) is 13.0 Å². The second kappa shape index (κ2) is 5.90. The van der Waals surface area contributed by atoms with Crippen molar-refractivity contribution in [3.05, 3.63) is 23.2 Å². The number of nitrogens with one attached hydrogen (secondary N) is 1. The van der Waals surface area contributed by atoms with Gasteiger partial charge in [0.25, 0.3) is 0 Å². The zero-order valence-corrected chi connectivity index (χ0v) is 9.36. The summed E-state index contributed by atoms with van der Waals surface area (Å²) in [5.74, 6) is -0.639. The summed E-state index contributed by atoms with van der Waals surface area (Å²) < 4.78 is 9.61. The van der Waals surface area contributed by atoms with E-state index >= 15 is 0 Å². The maximum Gasteiger partial charge on any atom is 0.404 e. The first-order valence-corrected chi connectivity index (χ1v) is 4.96. The quantitative estimate of drug-likeness (QED) is 0.624. The van der Waals surface area contributed by atoms with Gasteiger partial charge in [0.15, 0.2) is 0 Å². The van der Waals surface area contributed by atoms with E-state index in [4.69, 9.17) is 15.3 Å². The Morgan fingerprint density at radius 1 is 1.59 bits per heavy atom. The number of carboxylic acid groups (broad SMARTS) is 1. The van der Waals surface area contributed by atoms with Gasteiger partial charge in [0, 0.05) is 12.1 Å². The molecule has 0 aliphatic rings. The Bertz CT molecular complexity index is 413. The third kappa shape index (κ3) is 4.15. The minimum Gasteiger partial charge on any atom is -0.475 e. The Balaban J connectivity index is 2.35. The molecule has 0 aliphatic carbocycles. The Morgan fingerprint density at radius 2 is 2.29 bits per heavy atom. The molecule has 1 aromatic heterocycles. The number of carbonyl (C=O) groups excluding carboxylic acids is 1. The van der Waals surface area contributed by atoms with Gasteiger partial charge in [-0.1, -0.05) is 0 Å². The highest BCUT2D eigenvalue weighted by molar-refractivity contribution is 5.86. The van der Waals surface area contributed by atoms with Gasteiger partial charge in [-0.2, -0.15) is 0 Å². The SMILES string of the molecule is Cc1cc(CNCCOC(N)=O)oc1C(=O)O. The molecular weight excluding hydrogens is 228 g/mol. The summed E-state index contributed by atoms with van der Waals surface area (Å²) in [6, 6.07) is 1.64. The molecule has 17 heavy (non-hydrogen) atoms. The number of primary amides is 1. The molecule has 0 bridgehead atoms. The fourth-order valence-electron chi connectivity index (χ4n) is 1.28. The monoisotopic (exact) mass is 242 g/mol. The second-order valence-electron chi connectivity index (χ2n) is 3.37. The van der Waals surface area contributed by atoms with Crippen molar-refractivity contribution in [1.82, 2.24) is 5.32 Å². The minimum absolute atomic E-state index is 0.0600. The fraction of sp³-hybridized carbons (Fsp3) is 0.400. The molecule has 7 heteroatoms. The zero-order chi connectivity index (χ0) is 12.8. The van der Waals surface area contributed by atoms with E-state index in [-0.39, 0.29) is 12.4 Å². The Labute approximate surface area is 97.5 Å². The third-order valence-electron chi connectivity index (χ3n) is 1.99. The summed E-state index contributed by atoms with van der Waals surface area (Å²) in [5.41, 5.74) is 5.34. The number of amides is 1. The van der Waals surface area contributed by atoms with Crippen LogP contribution in [0, 0.1) is 6.92 Å². The van der Waals surface area contributed by atoms with Gasteiger partial charge >= 0.3 is 12.1 Å². The molecule has 0 spiro atoms. The number of furan rings is 1. The van der Waals surface area contributed by atoms with Crippen LogP contribution in [0.3, 0.4) is 0 Å². The third-order valence-corrected chi connectivity index (χ3v) is 1.99. The van der Waals surface area contributed by atoms with Gasteiger partial charge in [0.2, 0.25) is 5.76 Å². The molecule has 4 N–H and O–H groups in total. The lowest BCUT2D eigenvalue weighted by atomic mass is 10.2. The van der Waals surface area contributed by atoms with E-state index in [1.54, 1.807) is 13.0 Å². The average molecular weight is 242 g/mol. The van der Waals surface area contributed by atoms with Crippen molar-refractivity contribution in [3.63, 3.8) is 0 Å². The Hall–Kier alpha value is -2.02. The standard InChI is InChI=1S/C10H14N2O5/c1-6-4-7(17-8(6)9(13)14)5-12-2-3-16-10(11)15/h4,12H,2-3,5H2,1H3,(H2,11,15)(H,13,14). The summed E-state index contributed by atoms with van der Waals surface area (Å²) in [4.78, 5) is 20.9. The molecule has 1 aromatic rings. The van der Waals surface area contributed by atoms with Crippen LogP contribution in [0.4, 0.5) is 4.79 Å². The summed E-state index contributed by atoms with van der Waals surface area (Å²) in [7, 11) is 0. The van der Waals surface area contributed by atoms with Crippen molar-refractivity contribution >= 4 is 12.1 Å². The molecule has 0 unspecified atom stereocenters. The van der Waals surface area contributed by atoms with Crippen LogP contribution >= 0.6 is 0 Å². The highest BCUT2D eigenvalue weighted by atomic mass is 16.5. The normalized spacial score (nSPS) is 10.2. The number of hydrogen-bond donors (Lipinski definition) is 3. The van der Waals surface area contributed by atoms with Gasteiger partial charge in [0.05, 0.1) is 6.54 Å². The predicted molar refractivity (Wildman–Crippen MR) is 57.6 cm³/mol. The Morgan fingerprint density at radius 3 is 2.82 bits per heavy atom. The lowest BCUT2D eigenvalue weighted by Gasteiger charge is -2.02. The largest absolute Gasteiger partial charge is 0.475 e. The molecule has 1 amide bonds. The molecule has 94 valence electrons. The lowest BCUT2D eigenvalue weighted by molar-refractivity contribution is 0.0659. The highest BCUT2D eigenvalue weighted by Crippen LogP contribution is 2.14. The van der Waals surface area contributed by atoms with Gasteiger partial charge in [-0.3, -0.25) is 0 Å². The van der Waals surface area contributed by atoms with E-state index in [0.29, 0.717) is 24.4 Å². The smallest absolute Gasteiger partial charge is 0.404 e. The van der Waals surface area contributed by atoms with E-state index in [1.807, 2.05) is 0 Å². The molecule has 0 saturated heterocycles. The van der Waals surface area contributed by atoms with Crippen LogP contribution in [0.25, 0.3) is 0 Å². The van der Waals surface area contributed by atoms with Crippen molar-refractivity contribution in [2.24, 2.45) is 5.73 Å². The van der Waals surface area contributed by atoms with Crippen LogP contribution in [0.1, 0.15) is 21.9 Å². The van der Waals surface area contributed by atoms with Crippen molar-refractivity contribution in [2.75, 3.05) is 13.2 Å². The van der Waals surface area contributed by atoms with Crippen LogP contribution < -0.4 is 11.1 Å². The summed E-state index contributed by atoms with van der Waals surface area (Å²) >= 11 is 0. The van der Waals surface area contributed by atoms with Crippen molar-refractivity contribution in [1.29, 1.82) is 0 Å². The number of carboxylic acids is 1. The molecular formula is C10H14N2O5. The van der Waals surface area contributed by atoms with Crippen LogP contribution in [0.15, 0.2) is 10.5 Å². The predicted octanol–water partition coefficient (Wildman–Crippen LogP) is 0.471. The molecule has 0 aromatic carbocycles. The highest BCUT2D eigenvalue weighted by Gasteiger charge is 2.13. The molecule has 1 rings (SSSR count). The number of nitrogens with two attached hydrogens (primary N) is 1. The summed E-state index contributed by atoms with van der Waals surface area (Å²) in [6.45, 7) is 2.58. The molecule has 1 heterocycles. The molecule has 0 atom stereocenters. The van der Waals surface area contributed by atoms with Gasteiger partial charge in [-0.15, -0.1) is 0 Å². The van der Waals surface area contributed by atoms with Gasteiger partial charge < -0.3 is 25.3 Å². The van der Waals surface area contributed by atoms with Crippen molar-refractivity contribution in [2.45, 2.75) is 13.5 Å². The van der Waals surface area contributed by atoms with E-state index in [1.165, 1.54) is 0 Å². The van der Waals surface area contributed by atoms with Crippen molar-refractivity contribution < 1.29 is 23.8 Å². The zero-order valence-electron chi connectivity index (χ0n) is 9.36. The van der Waals surface area contributed by atoms with Crippen LogP contribution in [0.5, 0.6) is 0 Å². The topological polar surface area (TPSA) is 115 Å². The number of hydrogen-bond acceptors (Lipinski definition) is 5.